The quantitative estimate of drug-likeness (QED) is 0.579. The molecule has 2 aromatic heterocycles. The van der Waals surface area contributed by atoms with Gasteiger partial charge >= 0.3 is 6.18 Å². The lowest BCUT2D eigenvalue weighted by molar-refractivity contribution is -0.137. The Morgan fingerprint density at radius 3 is 2.48 bits per heavy atom. The number of aryl methyl sites for hydroxylation is 1. The molecule has 1 fully saturated rings. The van der Waals surface area contributed by atoms with E-state index in [1.807, 2.05) is 35.9 Å². The van der Waals surface area contributed by atoms with Crippen LogP contribution in [0.3, 0.4) is 0 Å². The van der Waals surface area contributed by atoms with Crippen LogP contribution in [-0.2, 0) is 22.7 Å². The maximum absolute atomic E-state index is 13.1. The highest BCUT2D eigenvalue weighted by Crippen LogP contribution is 2.36. The second-order valence-electron chi connectivity index (χ2n) is 7.47. The van der Waals surface area contributed by atoms with E-state index in [-0.39, 0.29) is 13.1 Å². The van der Waals surface area contributed by atoms with Gasteiger partial charge in [-0.2, -0.15) is 17.5 Å². The number of aromatic nitrogens is 2. The van der Waals surface area contributed by atoms with Crippen LogP contribution in [0.2, 0.25) is 5.02 Å². The van der Waals surface area contributed by atoms with Gasteiger partial charge in [0.2, 0.25) is 10.0 Å². The van der Waals surface area contributed by atoms with Crippen molar-refractivity contribution in [2.75, 3.05) is 26.2 Å². The lowest BCUT2D eigenvalue weighted by atomic mass is 10.2. The zero-order chi connectivity index (χ0) is 22.4. The lowest BCUT2D eigenvalue weighted by Gasteiger charge is -2.33. The molecule has 0 unspecified atom stereocenters. The first-order valence-corrected chi connectivity index (χ1v) is 11.4. The molecule has 166 valence electrons. The highest BCUT2D eigenvalue weighted by Gasteiger charge is 2.36. The van der Waals surface area contributed by atoms with Crippen LogP contribution < -0.4 is 0 Å². The van der Waals surface area contributed by atoms with Gasteiger partial charge in [-0.3, -0.25) is 4.90 Å². The van der Waals surface area contributed by atoms with Crippen LogP contribution in [0.25, 0.3) is 5.65 Å². The fourth-order valence-electron chi connectivity index (χ4n) is 3.67. The maximum Gasteiger partial charge on any atom is 0.417 e. The van der Waals surface area contributed by atoms with Gasteiger partial charge in [0.15, 0.2) is 0 Å². The molecular weight excluding hydrogens is 453 g/mol. The molecule has 11 heteroatoms. The molecule has 1 saturated heterocycles. The Balaban J connectivity index is 1.46. The number of sulfonamides is 1. The summed E-state index contributed by atoms with van der Waals surface area (Å²) in [6.45, 7) is 3.81. The van der Waals surface area contributed by atoms with Crippen LogP contribution in [-0.4, -0.2) is 53.2 Å². The maximum atomic E-state index is 13.1. The molecule has 0 aliphatic carbocycles. The molecule has 0 radical (unpaired) electrons. The average Bonchev–Trinajstić information content (AvgIpc) is 3.11. The van der Waals surface area contributed by atoms with Crippen molar-refractivity contribution >= 4 is 27.3 Å². The summed E-state index contributed by atoms with van der Waals surface area (Å²) in [4.78, 5) is 6.30. The molecule has 1 aliphatic rings. The highest BCUT2D eigenvalue weighted by molar-refractivity contribution is 7.89. The summed E-state index contributed by atoms with van der Waals surface area (Å²) in [7, 11) is -4.06. The number of hydrogen-bond donors (Lipinski definition) is 0. The molecule has 1 aliphatic heterocycles. The number of alkyl halides is 3. The first kappa shape index (κ1) is 22.1. The topological polar surface area (TPSA) is 57.9 Å². The second kappa shape index (κ2) is 8.09. The van der Waals surface area contributed by atoms with Gasteiger partial charge in [-0.1, -0.05) is 17.7 Å². The first-order valence-electron chi connectivity index (χ1n) is 9.58. The Morgan fingerprint density at radius 2 is 1.84 bits per heavy atom. The number of rotatable bonds is 4. The summed E-state index contributed by atoms with van der Waals surface area (Å²) < 4.78 is 68.3. The number of fused-ring (bicyclic) bond motifs is 1. The number of benzene rings is 1. The molecular formula is C20H20ClF3N4O2S. The fourth-order valence-corrected chi connectivity index (χ4v) is 5.34. The second-order valence-corrected chi connectivity index (χ2v) is 9.82. The molecule has 6 nitrogen and oxygen atoms in total. The van der Waals surface area contributed by atoms with E-state index in [1.54, 1.807) is 0 Å². The molecule has 0 amide bonds. The van der Waals surface area contributed by atoms with Crippen molar-refractivity contribution in [3.63, 3.8) is 0 Å². The van der Waals surface area contributed by atoms with E-state index in [4.69, 9.17) is 11.6 Å². The van der Waals surface area contributed by atoms with Gasteiger partial charge in [-0.15, -0.1) is 0 Å². The van der Waals surface area contributed by atoms with Crippen LogP contribution in [0.5, 0.6) is 0 Å². The van der Waals surface area contributed by atoms with Gasteiger partial charge in [0.25, 0.3) is 0 Å². The Bertz CT molecular complexity index is 1220. The predicted molar refractivity (Wildman–Crippen MR) is 110 cm³/mol. The van der Waals surface area contributed by atoms with Crippen molar-refractivity contribution in [2.45, 2.75) is 24.5 Å². The zero-order valence-electron chi connectivity index (χ0n) is 16.6. The average molecular weight is 473 g/mol. The van der Waals surface area contributed by atoms with Crippen molar-refractivity contribution in [3.05, 3.63) is 64.6 Å². The minimum absolute atomic E-state index is 0.179. The van der Waals surface area contributed by atoms with Crippen molar-refractivity contribution < 1.29 is 21.6 Å². The van der Waals surface area contributed by atoms with Crippen LogP contribution in [0.4, 0.5) is 13.2 Å². The molecule has 31 heavy (non-hydrogen) atoms. The molecule has 0 spiro atoms. The van der Waals surface area contributed by atoms with Crippen LogP contribution in [0.15, 0.2) is 47.6 Å². The summed E-state index contributed by atoms with van der Waals surface area (Å²) in [6.07, 6.45) is -0.865. The number of imidazole rings is 1. The van der Waals surface area contributed by atoms with Gasteiger partial charge in [-0.25, -0.2) is 13.4 Å². The largest absolute Gasteiger partial charge is 0.417 e. The molecule has 4 rings (SSSR count). The fraction of sp³-hybridized carbons (Fsp3) is 0.350. The van der Waals surface area contributed by atoms with Crippen molar-refractivity contribution in [2.24, 2.45) is 0 Å². The standard InChI is InChI=1S/C20H20ClF3N4O2S/c1-14-3-2-6-27-13-15(25-19(14)27)12-26-7-9-28(10-8-26)31(29,30)16-4-5-18(21)17(11-16)20(22,23)24/h2-6,11,13H,7-10,12H2,1H3. The number of pyridine rings is 1. The van der Waals surface area contributed by atoms with Gasteiger partial charge in [-0.05, 0) is 36.8 Å². The summed E-state index contributed by atoms with van der Waals surface area (Å²) >= 11 is 5.61. The van der Waals surface area contributed by atoms with Crippen molar-refractivity contribution in [1.29, 1.82) is 0 Å². The van der Waals surface area contributed by atoms with E-state index in [0.717, 1.165) is 29.0 Å². The number of hydrogen-bond acceptors (Lipinski definition) is 4. The SMILES string of the molecule is Cc1cccn2cc(CN3CCN(S(=O)(=O)c4ccc(Cl)c(C(F)(F)F)c4)CC3)nc12. The van der Waals surface area contributed by atoms with Gasteiger partial charge in [0, 0.05) is 45.1 Å². The van der Waals surface area contributed by atoms with Crippen molar-refractivity contribution in [3.8, 4) is 0 Å². The van der Waals surface area contributed by atoms with Crippen molar-refractivity contribution in [1.82, 2.24) is 18.6 Å². The summed E-state index contributed by atoms with van der Waals surface area (Å²) in [5.41, 5.74) is 1.65. The Kier molecular flexibility index (Phi) is 5.76. The number of nitrogens with zero attached hydrogens (tertiary/aromatic N) is 4. The van der Waals surface area contributed by atoms with Crippen LogP contribution in [0, 0.1) is 6.92 Å². The molecule has 3 aromatic rings. The predicted octanol–water partition coefficient (Wildman–Crippen LogP) is 3.82. The van der Waals surface area contributed by atoms with Crippen LogP contribution in [0.1, 0.15) is 16.8 Å². The highest BCUT2D eigenvalue weighted by atomic mass is 35.5. The van der Waals surface area contributed by atoms with Crippen LogP contribution >= 0.6 is 11.6 Å². The molecule has 3 heterocycles. The smallest absolute Gasteiger partial charge is 0.307 e. The Hall–Kier alpha value is -2.14. The minimum atomic E-state index is -4.73. The number of piperazine rings is 1. The third kappa shape index (κ3) is 4.43. The lowest BCUT2D eigenvalue weighted by Crippen LogP contribution is -2.48. The minimum Gasteiger partial charge on any atom is -0.307 e. The first-order chi connectivity index (χ1) is 14.6. The Morgan fingerprint density at radius 1 is 1.13 bits per heavy atom. The van der Waals surface area contributed by atoms with E-state index in [0.29, 0.717) is 25.7 Å². The molecule has 1 aromatic carbocycles. The summed E-state index contributed by atoms with van der Waals surface area (Å²) in [5, 5.41) is -0.529. The van der Waals surface area contributed by atoms with E-state index in [9.17, 15) is 21.6 Å². The third-order valence-corrected chi connectivity index (χ3v) is 7.55. The monoisotopic (exact) mass is 472 g/mol. The molecule has 0 atom stereocenters. The van der Waals surface area contributed by atoms with E-state index >= 15 is 0 Å². The summed E-state index contributed by atoms with van der Waals surface area (Å²) in [6, 6.07) is 6.61. The Labute approximate surface area is 182 Å². The summed E-state index contributed by atoms with van der Waals surface area (Å²) in [5.74, 6) is 0. The third-order valence-electron chi connectivity index (χ3n) is 5.33. The molecule has 0 saturated carbocycles. The van der Waals surface area contributed by atoms with E-state index in [2.05, 4.69) is 9.88 Å². The molecule has 0 N–H and O–H groups in total. The number of halogens is 4. The van der Waals surface area contributed by atoms with E-state index in [1.165, 1.54) is 4.31 Å². The van der Waals surface area contributed by atoms with Gasteiger partial charge < -0.3 is 4.40 Å². The normalized spacial score (nSPS) is 16.8. The molecule has 0 bridgehead atoms. The van der Waals surface area contributed by atoms with Gasteiger partial charge in [0.1, 0.15) is 5.65 Å². The van der Waals surface area contributed by atoms with Gasteiger partial charge in [0.05, 0.1) is 21.2 Å². The van der Waals surface area contributed by atoms with E-state index < -0.39 is 31.7 Å². The zero-order valence-corrected chi connectivity index (χ0v) is 18.2.